The standard InChI is InChI=1S/C28H24F5N5O4S/c1-38-28(35-36-37-38)43-13-18-10-19(16-6-4-15(12-39)5-7-16)42-27(41-18)17-8-2-14(3-9-17)11-34-26(40)20-21(29)23(31)25(33)24(32)22(20)30/h2-9,18-19,27,39H,10-13H2,1H3,(H,34,40)/t18-,19+,27+/m1/s1. The number of aliphatic hydroxyl groups excluding tert-OH is 1. The predicted molar refractivity (Wildman–Crippen MR) is 142 cm³/mol. The Bertz CT molecular complexity index is 1580. The Balaban J connectivity index is 1.29. The number of nitrogens with zero attached hydrogens (tertiary/aromatic N) is 4. The first-order chi connectivity index (χ1) is 20.7. The molecule has 3 atom stereocenters. The Hall–Kier alpha value is -3.92. The zero-order valence-electron chi connectivity index (χ0n) is 22.4. The summed E-state index contributed by atoms with van der Waals surface area (Å²) < 4.78 is 82.3. The monoisotopic (exact) mass is 621 g/mol. The molecule has 43 heavy (non-hydrogen) atoms. The average molecular weight is 622 g/mol. The summed E-state index contributed by atoms with van der Waals surface area (Å²) in [5.41, 5.74) is 1.22. The maximum absolute atomic E-state index is 14.0. The van der Waals surface area contributed by atoms with Crippen LogP contribution >= 0.6 is 11.8 Å². The van der Waals surface area contributed by atoms with Crippen molar-refractivity contribution < 1.29 is 41.3 Å². The lowest BCUT2D eigenvalue weighted by Crippen LogP contribution is -2.31. The predicted octanol–water partition coefficient (Wildman–Crippen LogP) is 4.67. The van der Waals surface area contributed by atoms with Crippen LogP contribution in [0.15, 0.2) is 53.7 Å². The number of halogens is 5. The third-order valence-corrected chi connectivity index (χ3v) is 7.88. The molecule has 1 amide bonds. The molecule has 0 radical (unpaired) electrons. The van der Waals surface area contributed by atoms with Gasteiger partial charge in [0.05, 0.1) is 18.8 Å². The van der Waals surface area contributed by atoms with Gasteiger partial charge in [-0.3, -0.25) is 4.79 Å². The smallest absolute Gasteiger partial charge is 0.257 e. The van der Waals surface area contributed by atoms with Gasteiger partial charge in [-0.25, -0.2) is 26.6 Å². The number of nitrogens with one attached hydrogen (secondary N) is 1. The van der Waals surface area contributed by atoms with Gasteiger partial charge in [0.15, 0.2) is 29.6 Å². The average Bonchev–Trinajstić information content (AvgIpc) is 3.45. The molecule has 9 nitrogen and oxygen atoms in total. The number of rotatable bonds is 9. The summed E-state index contributed by atoms with van der Waals surface area (Å²) in [5, 5.41) is 23.6. The summed E-state index contributed by atoms with van der Waals surface area (Å²) in [6, 6.07) is 14.0. The summed E-state index contributed by atoms with van der Waals surface area (Å²) in [7, 11) is 1.73. The van der Waals surface area contributed by atoms with Crippen molar-refractivity contribution >= 4 is 17.7 Å². The number of carbonyl (C=O) groups excluding carboxylic acids is 1. The van der Waals surface area contributed by atoms with E-state index < -0.39 is 46.8 Å². The molecular formula is C28H24F5N5O4S. The van der Waals surface area contributed by atoms with Crippen LogP contribution < -0.4 is 5.32 Å². The summed E-state index contributed by atoms with van der Waals surface area (Å²) in [4.78, 5) is 12.3. The van der Waals surface area contributed by atoms with E-state index >= 15 is 0 Å². The van der Waals surface area contributed by atoms with Crippen molar-refractivity contribution in [3.63, 3.8) is 0 Å². The number of ether oxygens (including phenoxy) is 2. The molecule has 0 spiro atoms. The molecule has 1 aliphatic rings. The molecule has 0 unspecified atom stereocenters. The van der Waals surface area contributed by atoms with Crippen molar-refractivity contribution in [3.8, 4) is 0 Å². The van der Waals surface area contributed by atoms with E-state index in [0.29, 0.717) is 28.5 Å². The van der Waals surface area contributed by atoms with Crippen LogP contribution in [-0.2, 0) is 29.7 Å². The minimum atomic E-state index is -2.34. The molecule has 0 aliphatic carbocycles. The normalized spacial score (nSPS) is 18.5. The fourth-order valence-electron chi connectivity index (χ4n) is 4.40. The van der Waals surface area contributed by atoms with Gasteiger partial charge in [-0.1, -0.05) is 60.3 Å². The number of carbonyl (C=O) groups is 1. The molecule has 1 aromatic heterocycles. The highest BCUT2D eigenvalue weighted by molar-refractivity contribution is 7.99. The Morgan fingerprint density at radius 2 is 1.53 bits per heavy atom. The maximum atomic E-state index is 14.0. The van der Waals surface area contributed by atoms with Crippen molar-refractivity contribution in [2.75, 3.05) is 5.75 Å². The molecule has 0 bridgehead atoms. The lowest BCUT2D eigenvalue weighted by molar-refractivity contribution is -0.245. The van der Waals surface area contributed by atoms with Crippen LogP contribution in [0.2, 0.25) is 0 Å². The fourth-order valence-corrected chi connectivity index (χ4v) is 5.27. The van der Waals surface area contributed by atoms with Gasteiger partial charge in [0.1, 0.15) is 5.56 Å². The molecule has 1 saturated heterocycles. The van der Waals surface area contributed by atoms with Gasteiger partial charge in [-0.05, 0) is 27.1 Å². The molecule has 15 heteroatoms. The van der Waals surface area contributed by atoms with Crippen molar-refractivity contribution in [2.24, 2.45) is 7.05 Å². The maximum Gasteiger partial charge on any atom is 0.257 e. The first kappa shape index (κ1) is 30.5. The summed E-state index contributed by atoms with van der Waals surface area (Å²) in [5.74, 6) is -12.1. The molecule has 4 aromatic rings. The Morgan fingerprint density at radius 3 is 2.14 bits per heavy atom. The van der Waals surface area contributed by atoms with E-state index in [1.54, 1.807) is 36.0 Å². The highest BCUT2D eigenvalue weighted by Gasteiger charge is 2.33. The van der Waals surface area contributed by atoms with Gasteiger partial charge in [0, 0.05) is 31.3 Å². The van der Waals surface area contributed by atoms with Crippen molar-refractivity contribution in [1.82, 2.24) is 25.5 Å². The number of thioether (sulfide) groups is 1. The lowest BCUT2D eigenvalue weighted by Gasteiger charge is -2.36. The second kappa shape index (κ2) is 13.2. The van der Waals surface area contributed by atoms with Crippen LogP contribution in [0.1, 0.15) is 51.4 Å². The third kappa shape index (κ3) is 6.69. The third-order valence-electron chi connectivity index (χ3n) is 6.74. The van der Waals surface area contributed by atoms with Gasteiger partial charge < -0.3 is 19.9 Å². The van der Waals surface area contributed by atoms with E-state index in [2.05, 4.69) is 20.8 Å². The van der Waals surface area contributed by atoms with Crippen molar-refractivity contribution in [1.29, 1.82) is 0 Å². The molecule has 1 aliphatic heterocycles. The summed E-state index contributed by atoms with van der Waals surface area (Å²) >= 11 is 1.43. The van der Waals surface area contributed by atoms with E-state index in [1.165, 1.54) is 11.8 Å². The Labute approximate surface area is 246 Å². The van der Waals surface area contributed by atoms with Gasteiger partial charge >= 0.3 is 0 Å². The van der Waals surface area contributed by atoms with E-state index in [9.17, 15) is 31.9 Å². The number of hydrogen-bond acceptors (Lipinski definition) is 8. The summed E-state index contributed by atoms with van der Waals surface area (Å²) in [6.45, 7) is -0.341. The number of hydrogen-bond donors (Lipinski definition) is 2. The van der Waals surface area contributed by atoms with Crippen LogP contribution in [-0.4, -0.2) is 43.1 Å². The molecule has 2 N–H and O–H groups in total. The van der Waals surface area contributed by atoms with Crippen LogP contribution in [0.25, 0.3) is 0 Å². The number of benzene rings is 3. The van der Waals surface area contributed by atoms with Crippen LogP contribution in [0.4, 0.5) is 22.0 Å². The molecular weight excluding hydrogens is 597 g/mol. The van der Waals surface area contributed by atoms with Gasteiger partial charge in [0.25, 0.3) is 5.91 Å². The number of aromatic nitrogens is 4. The largest absolute Gasteiger partial charge is 0.392 e. The van der Waals surface area contributed by atoms with Gasteiger partial charge in [-0.15, -0.1) is 5.10 Å². The highest BCUT2D eigenvalue weighted by atomic mass is 32.2. The van der Waals surface area contributed by atoms with Crippen molar-refractivity contribution in [3.05, 3.63) is 105 Å². The zero-order valence-corrected chi connectivity index (χ0v) is 23.3. The molecule has 1 fully saturated rings. The molecule has 226 valence electrons. The SMILES string of the molecule is Cn1nnnc1SC[C@H]1C[C@@H](c2ccc(CO)cc2)O[C@@H](c2ccc(CNC(=O)c3c(F)c(F)c(F)c(F)c3F)cc2)O1. The van der Waals surface area contributed by atoms with Crippen LogP contribution in [0.5, 0.6) is 0 Å². The van der Waals surface area contributed by atoms with Gasteiger partial charge in [-0.2, -0.15) is 0 Å². The first-order valence-corrected chi connectivity index (χ1v) is 13.9. The number of tetrazole rings is 1. The highest BCUT2D eigenvalue weighted by Crippen LogP contribution is 2.39. The van der Waals surface area contributed by atoms with Crippen LogP contribution in [0, 0.1) is 29.1 Å². The van der Waals surface area contributed by atoms with Crippen LogP contribution in [0.3, 0.4) is 0 Å². The second-order valence-corrected chi connectivity index (χ2v) is 10.6. The second-order valence-electron chi connectivity index (χ2n) is 9.62. The zero-order chi connectivity index (χ0) is 30.7. The molecule has 5 rings (SSSR count). The number of aliphatic hydroxyl groups is 1. The minimum Gasteiger partial charge on any atom is -0.392 e. The van der Waals surface area contributed by atoms with Crippen molar-refractivity contribution in [2.45, 2.75) is 43.2 Å². The number of amides is 1. The van der Waals surface area contributed by atoms with Gasteiger partial charge in [0.2, 0.25) is 11.0 Å². The van der Waals surface area contributed by atoms with E-state index in [4.69, 9.17) is 9.47 Å². The quantitative estimate of drug-likeness (QED) is 0.120. The van der Waals surface area contributed by atoms with E-state index in [1.807, 2.05) is 24.3 Å². The lowest BCUT2D eigenvalue weighted by atomic mass is 10.0. The molecule has 3 aromatic carbocycles. The fraction of sp³-hybridized carbons (Fsp3) is 0.286. The number of aryl methyl sites for hydroxylation is 1. The van der Waals surface area contributed by atoms with E-state index in [-0.39, 0.29) is 25.4 Å². The minimum absolute atomic E-state index is 0.0864. The molecule has 2 heterocycles. The Morgan fingerprint density at radius 1 is 0.930 bits per heavy atom. The first-order valence-electron chi connectivity index (χ1n) is 12.9. The topological polar surface area (TPSA) is 111 Å². The van der Waals surface area contributed by atoms with E-state index in [0.717, 1.165) is 11.1 Å². The molecule has 0 saturated carbocycles. The summed E-state index contributed by atoms with van der Waals surface area (Å²) in [6.07, 6.45) is -0.843. The Kier molecular flexibility index (Phi) is 9.34.